The number of hydrogen-bond acceptors (Lipinski definition) is 2. The van der Waals surface area contributed by atoms with Crippen LogP contribution in [-0.4, -0.2) is 12.6 Å². The van der Waals surface area contributed by atoms with Gasteiger partial charge in [0.1, 0.15) is 0 Å². The van der Waals surface area contributed by atoms with E-state index in [1.165, 1.54) is 43.1 Å². The van der Waals surface area contributed by atoms with E-state index in [0.717, 1.165) is 21.5 Å². The maximum absolute atomic E-state index is 12.8. The Bertz CT molecular complexity index is 1800. The van der Waals surface area contributed by atoms with E-state index in [0.29, 0.717) is 12.2 Å². The second-order valence-electron chi connectivity index (χ2n) is 8.26. The van der Waals surface area contributed by atoms with Gasteiger partial charge in [0.2, 0.25) is 0 Å². The summed E-state index contributed by atoms with van der Waals surface area (Å²) in [6, 6.07) is 28.0. The van der Waals surface area contributed by atoms with Gasteiger partial charge in [-0.2, -0.15) is 0 Å². The molecule has 7 rings (SSSR count). The van der Waals surface area contributed by atoms with E-state index < -0.39 is 0 Å². The molecule has 0 aliphatic heterocycles. The first kappa shape index (κ1) is 16.8. The number of fused-ring (bicyclic) bond motifs is 6. The number of rotatable bonds is 2. The van der Waals surface area contributed by atoms with Crippen molar-refractivity contribution in [3.63, 3.8) is 0 Å². The second kappa shape index (κ2) is 5.83. The van der Waals surface area contributed by atoms with Gasteiger partial charge in [-0.1, -0.05) is 60.7 Å². The largest absolute Gasteiger partial charge is 0.462 e. The van der Waals surface area contributed by atoms with Crippen molar-refractivity contribution in [2.45, 2.75) is 6.92 Å². The van der Waals surface area contributed by atoms with Crippen LogP contribution in [0.2, 0.25) is 0 Å². The fraction of sp³-hybridized carbons (Fsp3) is 0.0690. The predicted octanol–water partition coefficient (Wildman–Crippen LogP) is 7.66. The molecule has 0 saturated carbocycles. The van der Waals surface area contributed by atoms with Crippen LogP contribution in [0.15, 0.2) is 78.9 Å². The summed E-state index contributed by atoms with van der Waals surface area (Å²) < 4.78 is 5.41. The van der Waals surface area contributed by atoms with E-state index >= 15 is 0 Å². The number of esters is 1. The number of carbonyl (C=O) groups excluding carboxylic acids is 1. The minimum absolute atomic E-state index is 0.257. The minimum Gasteiger partial charge on any atom is -0.462 e. The SMILES string of the molecule is CCOC(=O)c1ccc2cccc3c4cc5c(cc4c1c23)c1cccc2cccc5c21. The summed E-state index contributed by atoms with van der Waals surface area (Å²) in [4.78, 5) is 12.8. The van der Waals surface area contributed by atoms with Crippen molar-refractivity contribution in [3.05, 3.63) is 84.4 Å². The minimum atomic E-state index is -0.257. The summed E-state index contributed by atoms with van der Waals surface area (Å²) in [6.45, 7) is 2.22. The van der Waals surface area contributed by atoms with Crippen LogP contribution in [0, 0.1) is 0 Å². The lowest BCUT2D eigenvalue weighted by Crippen LogP contribution is -2.04. The number of carbonyl (C=O) groups is 1. The Morgan fingerprint density at radius 3 is 1.81 bits per heavy atom. The van der Waals surface area contributed by atoms with Gasteiger partial charge in [-0.25, -0.2) is 4.79 Å². The second-order valence-corrected chi connectivity index (χ2v) is 8.26. The third-order valence-electron chi connectivity index (χ3n) is 6.74. The van der Waals surface area contributed by atoms with Crippen LogP contribution in [0.1, 0.15) is 17.3 Å². The maximum Gasteiger partial charge on any atom is 0.338 e. The highest BCUT2D eigenvalue weighted by Crippen LogP contribution is 2.45. The molecule has 2 nitrogen and oxygen atoms in total. The average Bonchev–Trinajstić information content (AvgIpc) is 3.29. The molecule has 0 bridgehead atoms. The molecular weight excluding hydrogens is 380 g/mol. The van der Waals surface area contributed by atoms with Crippen molar-refractivity contribution >= 4 is 70.6 Å². The highest BCUT2D eigenvalue weighted by atomic mass is 16.5. The summed E-state index contributed by atoms with van der Waals surface area (Å²) >= 11 is 0. The standard InChI is InChI=1S/C29H18O2/c1-2-31-29(30)21-13-12-17-8-5-11-20-24-14-22-18-9-3-6-16-7-4-10-19(26(16)18)23(22)15-25(24)28(21)27(17)20/h3-15H,2H2,1H3. The normalized spacial score (nSPS) is 12.3. The number of benzene rings is 5. The molecule has 7 aromatic carbocycles. The zero-order valence-electron chi connectivity index (χ0n) is 17.0. The van der Waals surface area contributed by atoms with Crippen molar-refractivity contribution in [3.8, 4) is 0 Å². The first-order chi connectivity index (χ1) is 15.3. The van der Waals surface area contributed by atoms with Crippen molar-refractivity contribution in [2.24, 2.45) is 0 Å². The van der Waals surface area contributed by atoms with E-state index in [4.69, 9.17) is 4.74 Å². The fourth-order valence-corrected chi connectivity index (χ4v) is 5.53. The van der Waals surface area contributed by atoms with Gasteiger partial charge in [-0.15, -0.1) is 0 Å². The molecule has 0 radical (unpaired) electrons. The van der Waals surface area contributed by atoms with Gasteiger partial charge in [0.15, 0.2) is 0 Å². The van der Waals surface area contributed by atoms with Gasteiger partial charge in [0, 0.05) is 5.39 Å². The van der Waals surface area contributed by atoms with Crippen LogP contribution in [0.5, 0.6) is 0 Å². The molecule has 31 heavy (non-hydrogen) atoms. The summed E-state index contributed by atoms with van der Waals surface area (Å²) in [5.41, 5.74) is 0.647. The van der Waals surface area contributed by atoms with Crippen molar-refractivity contribution < 1.29 is 9.53 Å². The Morgan fingerprint density at radius 2 is 1.16 bits per heavy atom. The van der Waals surface area contributed by atoms with Gasteiger partial charge in [-0.05, 0) is 84.4 Å². The lowest BCUT2D eigenvalue weighted by molar-refractivity contribution is 0.0529. The zero-order chi connectivity index (χ0) is 20.7. The predicted molar refractivity (Wildman–Crippen MR) is 130 cm³/mol. The van der Waals surface area contributed by atoms with Gasteiger partial charge < -0.3 is 4.74 Å². The third kappa shape index (κ3) is 2.04. The van der Waals surface area contributed by atoms with Crippen LogP contribution < -0.4 is 0 Å². The number of ether oxygens (including phenoxy) is 1. The molecule has 2 heteroatoms. The molecule has 0 aromatic heterocycles. The smallest absolute Gasteiger partial charge is 0.338 e. The highest BCUT2D eigenvalue weighted by Gasteiger charge is 2.21. The average molecular weight is 398 g/mol. The molecule has 0 saturated heterocycles. The maximum atomic E-state index is 12.8. The first-order valence-corrected chi connectivity index (χ1v) is 10.7. The quantitative estimate of drug-likeness (QED) is 0.279. The molecule has 0 fully saturated rings. The van der Waals surface area contributed by atoms with Crippen LogP contribution in [0.25, 0.3) is 64.6 Å². The fourth-order valence-electron chi connectivity index (χ4n) is 5.53. The van der Waals surface area contributed by atoms with E-state index in [1.54, 1.807) is 0 Å². The lowest BCUT2D eigenvalue weighted by atomic mass is 10.0. The van der Waals surface area contributed by atoms with E-state index in [2.05, 4.69) is 66.7 Å². The van der Waals surface area contributed by atoms with Crippen molar-refractivity contribution in [2.75, 3.05) is 6.61 Å². The van der Waals surface area contributed by atoms with E-state index in [9.17, 15) is 4.79 Å². The first-order valence-electron chi connectivity index (χ1n) is 10.7. The van der Waals surface area contributed by atoms with Crippen molar-refractivity contribution in [1.29, 1.82) is 0 Å². The topological polar surface area (TPSA) is 26.3 Å². The molecule has 146 valence electrons. The Labute approximate surface area is 178 Å². The van der Waals surface area contributed by atoms with Crippen LogP contribution in [-0.2, 0) is 4.74 Å². The van der Waals surface area contributed by atoms with E-state index in [1.807, 2.05) is 19.1 Å². The Balaban J connectivity index is 1.75. The molecule has 0 atom stereocenters. The Morgan fingerprint density at radius 1 is 0.613 bits per heavy atom. The van der Waals surface area contributed by atoms with Crippen LogP contribution in [0.3, 0.4) is 0 Å². The third-order valence-corrected chi connectivity index (χ3v) is 6.74. The zero-order valence-corrected chi connectivity index (χ0v) is 17.0. The molecule has 0 N–H and O–H groups in total. The van der Waals surface area contributed by atoms with Gasteiger partial charge >= 0.3 is 5.97 Å². The van der Waals surface area contributed by atoms with Crippen LogP contribution in [0.4, 0.5) is 0 Å². The lowest BCUT2D eigenvalue weighted by Gasteiger charge is -2.06. The monoisotopic (exact) mass is 398 g/mol. The van der Waals surface area contributed by atoms with Gasteiger partial charge in [0.25, 0.3) is 0 Å². The Hall–Kier alpha value is -3.91. The van der Waals surface area contributed by atoms with Crippen molar-refractivity contribution in [1.82, 2.24) is 0 Å². The molecule has 0 unspecified atom stereocenters. The molecule has 0 aliphatic rings. The molecule has 0 amide bonds. The molecular formula is C29H18O2. The summed E-state index contributed by atoms with van der Waals surface area (Å²) in [5, 5.41) is 14.5. The Kier molecular flexibility index (Phi) is 3.17. The molecule has 0 spiro atoms. The summed E-state index contributed by atoms with van der Waals surface area (Å²) in [7, 11) is 0. The molecule has 0 heterocycles. The van der Waals surface area contributed by atoms with Gasteiger partial charge in [0.05, 0.1) is 12.2 Å². The number of hydrogen-bond donors (Lipinski definition) is 0. The molecule has 0 aliphatic carbocycles. The highest BCUT2D eigenvalue weighted by molar-refractivity contribution is 6.38. The molecule has 7 aromatic rings. The summed E-state index contributed by atoms with van der Waals surface area (Å²) in [6.07, 6.45) is 0. The van der Waals surface area contributed by atoms with E-state index in [-0.39, 0.29) is 5.97 Å². The van der Waals surface area contributed by atoms with Gasteiger partial charge in [-0.3, -0.25) is 0 Å². The van der Waals surface area contributed by atoms with Crippen LogP contribution >= 0.6 is 0 Å². The summed E-state index contributed by atoms with van der Waals surface area (Å²) in [5.74, 6) is -0.257.